The second-order valence-electron chi connectivity index (χ2n) is 8.15. The van der Waals surface area contributed by atoms with E-state index in [4.69, 9.17) is 0 Å². The first kappa shape index (κ1) is 14.5. The van der Waals surface area contributed by atoms with Gasteiger partial charge in [0.2, 0.25) is 0 Å². The van der Waals surface area contributed by atoms with Crippen LogP contribution in [0.2, 0.25) is 0 Å². The van der Waals surface area contributed by atoms with Gasteiger partial charge in [-0.1, -0.05) is 13.0 Å². The van der Waals surface area contributed by atoms with Crippen LogP contribution in [0.4, 0.5) is 0 Å². The topological polar surface area (TPSA) is 69.1 Å². The van der Waals surface area contributed by atoms with E-state index in [1.807, 2.05) is 12.1 Å². The molecule has 1 fully saturated rings. The van der Waals surface area contributed by atoms with Gasteiger partial charge in [-0.15, -0.1) is 0 Å². The molecule has 3 N–H and O–H groups in total. The first-order chi connectivity index (χ1) is 11.6. The Balaban J connectivity index is 1.55. The van der Waals surface area contributed by atoms with E-state index >= 15 is 0 Å². The Kier molecular flexibility index (Phi) is 2.94. The quantitative estimate of drug-likeness (QED) is 0.754. The molecule has 126 valence electrons. The van der Waals surface area contributed by atoms with Crippen molar-refractivity contribution < 1.29 is 10.2 Å². The number of phenolic OH excluding ortho intramolecular Hbond substituents is 1. The highest BCUT2D eigenvalue weighted by molar-refractivity contribution is 5.44. The number of aryl methyl sites for hydroxylation is 1. The van der Waals surface area contributed by atoms with Crippen LogP contribution in [0.25, 0.3) is 0 Å². The summed E-state index contributed by atoms with van der Waals surface area (Å²) < 4.78 is 0. The van der Waals surface area contributed by atoms with Crippen molar-refractivity contribution >= 4 is 0 Å². The number of hydrogen-bond donors (Lipinski definition) is 3. The Hall–Kier alpha value is -1.81. The molecule has 0 amide bonds. The van der Waals surface area contributed by atoms with E-state index in [-0.39, 0.29) is 12.0 Å². The lowest BCUT2D eigenvalue weighted by molar-refractivity contribution is 0.103. The predicted octanol–water partition coefficient (Wildman–Crippen LogP) is 3.18. The van der Waals surface area contributed by atoms with Crippen LogP contribution in [-0.2, 0) is 24.9 Å². The highest BCUT2D eigenvalue weighted by Gasteiger charge is 2.54. The van der Waals surface area contributed by atoms with Gasteiger partial charge in [-0.2, -0.15) is 5.10 Å². The highest BCUT2D eigenvalue weighted by atomic mass is 16.3. The van der Waals surface area contributed by atoms with Crippen molar-refractivity contribution in [2.24, 2.45) is 11.8 Å². The van der Waals surface area contributed by atoms with Crippen LogP contribution < -0.4 is 0 Å². The maximum atomic E-state index is 9.79. The highest BCUT2D eigenvalue weighted by Crippen LogP contribution is 2.60. The van der Waals surface area contributed by atoms with Gasteiger partial charge >= 0.3 is 0 Å². The van der Waals surface area contributed by atoms with Crippen LogP contribution in [0.1, 0.15) is 60.2 Å². The lowest BCUT2D eigenvalue weighted by atomic mass is 9.55. The van der Waals surface area contributed by atoms with E-state index in [1.54, 1.807) is 0 Å². The van der Waals surface area contributed by atoms with Gasteiger partial charge in [0.1, 0.15) is 5.75 Å². The monoisotopic (exact) mass is 324 g/mol. The average molecular weight is 324 g/mol. The lowest BCUT2D eigenvalue weighted by Crippen LogP contribution is -2.43. The standard InChI is InChI=1S/C20H24N2O2/c1-20-7-6-14-13-5-3-12(24)8-11(13)2-4-15(14)17(20)9-16-18(10-23)21-22-19(16)20/h3,5,8,14-15,17,23-24H,2,4,6-7,9-10H2,1H3,(H,21,22). The van der Waals surface area contributed by atoms with Crippen molar-refractivity contribution in [2.75, 3.05) is 0 Å². The number of benzene rings is 1. The fraction of sp³-hybridized carbons (Fsp3) is 0.550. The number of aromatic hydroxyl groups is 1. The number of aromatic amines is 1. The van der Waals surface area contributed by atoms with Crippen LogP contribution in [0.5, 0.6) is 5.75 Å². The zero-order valence-electron chi connectivity index (χ0n) is 14.0. The molecule has 4 unspecified atom stereocenters. The number of aliphatic hydroxyl groups excluding tert-OH is 1. The minimum Gasteiger partial charge on any atom is -0.508 e. The molecule has 1 aromatic heterocycles. The summed E-state index contributed by atoms with van der Waals surface area (Å²) in [6, 6.07) is 5.96. The Bertz CT molecular complexity index is 812. The van der Waals surface area contributed by atoms with Crippen molar-refractivity contribution in [3.8, 4) is 5.75 Å². The van der Waals surface area contributed by atoms with Crippen LogP contribution in [0.15, 0.2) is 18.2 Å². The fourth-order valence-electron chi connectivity index (χ4n) is 6.00. The van der Waals surface area contributed by atoms with Crippen LogP contribution in [-0.4, -0.2) is 20.4 Å². The van der Waals surface area contributed by atoms with E-state index in [2.05, 4.69) is 23.2 Å². The van der Waals surface area contributed by atoms with E-state index in [0.717, 1.165) is 25.0 Å². The van der Waals surface area contributed by atoms with Gasteiger partial charge in [-0.25, -0.2) is 0 Å². The number of hydrogen-bond acceptors (Lipinski definition) is 3. The summed E-state index contributed by atoms with van der Waals surface area (Å²) in [4.78, 5) is 0. The molecule has 3 aliphatic rings. The minimum atomic E-state index is 0.0569. The molecule has 0 saturated heterocycles. The Labute approximate surface area is 141 Å². The summed E-state index contributed by atoms with van der Waals surface area (Å²) in [7, 11) is 0. The summed E-state index contributed by atoms with van der Waals surface area (Å²) in [5.74, 6) is 2.30. The molecule has 2 aromatic rings. The molecule has 0 bridgehead atoms. The van der Waals surface area contributed by atoms with Crippen molar-refractivity contribution in [1.29, 1.82) is 0 Å². The first-order valence-electron chi connectivity index (χ1n) is 9.11. The van der Waals surface area contributed by atoms with Crippen molar-refractivity contribution in [3.05, 3.63) is 46.3 Å². The number of phenols is 1. The molecule has 5 rings (SSSR count). The van der Waals surface area contributed by atoms with E-state index < -0.39 is 0 Å². The molecule has 1 saturated carbocycles. The minimum absolute atomic E-state index is 0.0569. The van der Waals surface area contributed by atoms with Gasteiger partial charge in [-0.05, 0) is 78.7 Å². The third kappa shape index (κ3) is 1.75. The molecule has 1 heterocycles. The number of fused-ring (bicyclic) bond motifs is 7. The van der Waals surface area contributed by atoms with Crippen molar-refractivity contribution in [3.63, 3.8) is 0 Å². The molecule has 0 radical (unpaired) electrons. The number of nitrogens with one attached hydrogen (secondary N) is 1. The molecule has 0 aliphatic heterocycles. The molecular weight excluding hydrogens is 300 g/mol. The molecule has 1 aromatic carbocycles. The summed E-state index contributed by atoms with van der Waals surface area (Å²) >= 11 is 0. The molecule has 4 atom stereocenters. The maximum Gasteiger partial charge on any atom is 0.115 e. The molecule has 4 heteroatoms. The normalized spacial score (nSPS) is 33.5. The SMILES string of the molecule is CC12CCC3c4ccc(O)cc4CCC3C1Cc1c2n[nH]c1CO. The first-order valence-corrected chi connectivity index (χ1v) is 9.11. The zero-order valence-corrected chi connectivity index (χ0v) is 14.0. The molecule has 0 spiro atoms. The number of nitrogens with zero attached hydrogens (tertiary/aromatic N) is 1. The molecule has 24 heavy (non-hydrogen) atoms. The predicted molar refractivity (Wildman–Crippen MR) is 90.9 cm³/mol. The summed E-state index contributed by atoms with van der Waals surface area (Å²) in [6.45, 7) is 2.44. The van der Waals surface area contributed by atoms with Crippen LogP contribution in [0.3, 0.4) is 0 Å². The van der Waals surface area contributed by atoms with E-state index in [9.17, 15) is 10.2 Å². The second-order valence-corrected chi connectivity index (χ2v) is 8.15. The van der Waals surface area contributed by atoms with Crippen molar-refractivity contribution in [2.45, 2.75) is 57.0 Å². The number of H-pyrrole nitrogens is 1. The zero-order chi connectivity index (χ0) is 16.5. The molecule has 4 nitrogen and oxygen atoms in total. The number of rotatable bonds is 1. The van der Waals surface area contributed by atoms with Gasteiger partial charge in [0.05, 0.1) is 18.0 Å². The Morgan fingerprint density at radius 3 is 3.04 bits per heavy atom. The maximum absolute atomic E-state index is 9.79. The summed E-state index contributed by atoms with van der Waals surface area (Å²) in [5.41, 5.74) is 6.35. The average Bonchev–Trinajstić information content (AvgIpc) is 3.12. The van der Waals surface area contributed by atoms with E-state index in [0.29, 0.717) is 23.5 Å². The van der Waals surface area contributed by atoms with Gasteiger partial charge < -0.3 is 10.2 Å². The molecular formula is C20H24N2O2. The van der Waals surface area contributed by atoms with Gasteiger partial charge in [0, 0.05) is 5.41 Å². The number of aromatic nitrogens is 2. The summed E-state index contributed by atoms with van der Waals surface area (Å²) in [5, 5.41) is 27.0. The summed E-state index contributed by atoms with van der Waals surface area (Å²) in [6.07, 6.45) is 5.66. The largest absolute Gasteiger partial charge is 0.508 e. The smallest absolute Gasteiger partial charge is 0.115 e. The third-order valence-corrected chi connectivity index (χ3v) is 7.18. The van der Waals surface area contributed by atoms with Gasteiger partial charge in [0.25, 0.3) is 0 Å². The van der Waals surface area contributed by atoms with E-state index in [1.165, 1.54) is 35.2 Å². The third-order valence-electron chi connectivity index (χ3n) is 7.18. The fourth-order valence-corrected chi connectivity index (χ4v) is 6.00. The van der Waals surface area contributed by atoms with Gasteiger partial charge in [-0.3, -0.25) is 5.10 Å². The van der Waals surface area contributed by atoms with Crippen LogP contribution in [0, 0.1) is 11.8 Å². The Morgan fingerprint density at radius 2 is 2.21 bits per heavy atom. The van der Waals surface area contributed by atoms with Gasteiger partial charge in [0.15, 0.2) is 0 Å². The van der Waals surface area contributed by atoms with Crippen LogP contribution >= 0.6 is 0 Å². The number of aliphatic hydroxyl groups is 1. The Morgan fingerprint density at radius 1 is 1.33 bits per heavy atom. The molecule has 3 aliphatic carbocycles. The van der Waals surface area contributed by atoms with Crippen molar-refractivity contribution in [1.82, 2.24) is 10.2 Å². The second kappa shape index (κ2) is 4.85. The lowest BCUT2D eigenvalue weighted by Gasteiger charge is -2.49.